The van der Waals surface area contributed by atoms with Crippen LogP contribution >= 0.6 is 0 Å². The van der Waals surface area contributed by atoms with Crippen LogP contribution in [0.4, 0.5) is 0 Å². The Hall–Kier alpha value is -1.34. The second-order valence-electron chi connectivity index (χ2n) is 4.27. The van der Waals surface area contributed by atoms with Gasteiger partial charge in [0.25, 0.3) is 0 Å². The molecule has 0 aliphatic heterocycles. The van der Waals surface area contributed by atoms with Crippen molar-refractivity contribution in [2.75, 3.05) is 0 Å². The van der Waals surface area contributed by atoms with Crippen molar-refractivity contribution >= 4 is 0 Å². The van der Waals surface area contributed by atoms with Crippen LogP contribution in [0, 0.1) is 0 Å². The van der Waals surface area contributed by atoms with E-state index in [-0.39, 0.29) is 6.10 Å². The van der Waals surface area contributed by atoms with E-state index in [1.54, 1.807) is 0 Å². The Morgan fingerprint density at radius 1 is 1.06 bits per heavy atom. The predicted octanol–water partition coefficient (Wildman–Crippen LogP) is 3.57. The highest BCUT2D eigenvalue weighted by molar-refractivity contribution is 5.18. The fraction of sp³-hybridized carbons (Fsp3) is 0.333. The number of hydrogen-bond acceptors (Lipinski definition) is 1. The molecule has 0 aliphatic carbocycles. The van der Waals surface area contributed by atoms with Gasteiger partial charge < -0.3 is 5.11 Å². The summed E-state index contributed by atoms with van der Waals surface area (Å²) in [6.45, 7) is 0. The smallest absolute Gasteiger partial charge is 0.0561 e. The molecule has 0 amide bonds. The van der Waals surface area contributed by atoms with Crippen LogP contribution in [0.5, 0.6) is 0 Å². The van der Waals surface area contributed by atoms with Crippen molar-refractivity contribution in [2.45, 2.75) is 31.8 Å². The van der Waals surface area contributed by atoms with E-state index < -0.39 is 0 Å². The van der Waals surface area contributed by atoms with Gasteiger partial charge in [-0.15, -0.1) is 5.56 Å². The molecule has 0 unspecified atom stereocenters. The van der Waals surface area contributed by atoms with Crippen LogP contribution in [0.15, 0.2) is 48.5 Å². The zero-order valence-corrected chi connectivity index (χ0v) is 9.47. The lowest BCUT2D eigenvalue weighted by atomic mass is 10.0. The third kappa shape index (κ3) is 3.07. The standard InChI is InChI=1S/C15H18O/c16-15(14-10-4-5-11-14)12-6-3-9-13-7-1-2-8-13/h1-2,4-5,7-8,10-11,15-16H,3,6,9,12H2/q-2/t15-/m1/s1. The number of aryl methyl sites for hydroxylation is 1. The van der Waals surface area contributed by atoms with E-state index in [0.29, 0.717) is 0 Å². The van der Waals surface area contributed by atoms with Crippen LogP contribution in [-0.2, 0) is 6.42 Å². The molecule has 0 bridgehead atoms. The lowest BCUT2D eigenvalue weighted by Crippen LogP contribution is -1.95. The lowest BCUT2D eigenvalue weighted by molar-refractivity contribution is 0.164. The number of hydrogen-bond donors (Lipinski definition) is 1. The van der Waals surface area contributed by atoms with E-state index in [1.165, 1.54) is 5.56 Å². The summed E-state index contributed by atoms with van der Waals surface area (Å²) >= 11 is 0. The van der Waals surface area contributed by atoms with Crippen LogP contribution in [0.2, 0.25) is 0 Å². The van der Waals surface area contributed by atoms with Gasteiger partial charge in [-0.05, 0) is 6.42 Å². The van der Waals surface area contributed by atoms with Crippen molar-refractivity contribution in [2.24, 2.45) is 0 Å². The minimum atomic E-state index is -0.283. The Bertz CT molecular complexity index is 369. The topological polar surface area (TPSA) is 20.2 Å². The van der Waals surface area contributed by atoms with Crippen molar-refractivity contribution in [1.82, 2.24) is 0 Å². The van der Waals surface area contributed by atoms with Crippen LogP contribution in [-0.4, -0.2) is 5.11 Å². The molecule has 1 heteroatoms. The molecule has 0 saturated carbocycles. The number of unbranched alkanes of at least 4 members (excludes halogenated alkanes) is 1. The van der Waals surface area contributed by atoms with Gasteiger partial charge in [-0.1, -0.05) is 19.3 Å². The van der Waals surface area contributed by atoms with E-state index in [4.69, 9.17) is 0 Å². The van der Waals surface area contributed by atoms with Crippen LogP contribution in [0.3, 0.4) is 0 Å². The zero-order valence-electron chi connectivity index (χ0n) is 9.47. The normalized spacial score (nSPS) is 12.8. The van der Waals surface area contributed by atoms with Crippen LogP contribution < -0.4 is 0 Å². The first-order valence-corrected chi connectivity index (χ1v) is 5.96. The highest BCUT2D eigenvalue weighted by Crippen LogP contribution is 2.20. The van der Waals surface area contributed by atoms with E-state index in [9.17, 15) is 5.11 Å². The molecule has 2 aromatic carbocycles. The van der Waals surface area contributed by atoms with Crippen molar-refractivity contribution < 1.29 is 5.11 Å². The summed E-state index contributed by atoms with van der Waals surface area (Å²) < 4.78 is 0. The van der Waals surface area contributed by atoms with Gasteiger partial charge in [0.05, 0.1) is 6.10 Å². The Kier molecular flexibility index (Phi) is 3.95. The molecule has 0 heterocycles. The van der Waals surface area contributed by atoms with E-state index >= 15 is 0 Å². The van der Waals surface area contributed by atoms with Gasteiger partial charge in [-0.25, -0.2) is 24.3 Å². The third-order valence-electron chi connectivity index (χ3n) is 3.00. The molecule has 0 radical (unpaired) electrons. The molecule has 86 valence electrons. The SMILES string of the molecule is O[C@H](CCCCc1ccc[cH-]1)c1ccc[cH-]1. The maximum atomic E-state index is 9.87. The van der Waals surface area contributed by atoms with Gasteiger partial charge in [-0.2, -0.15) is 29.8 Å². The predicted molar refractivity (Wildman–Crippen MR) is 66.6 cm³/mol. The lowest BCUT2D eigenvalue weighted by Gasteiger charge is -2.12. The molecule has 0 spiro atoms. The maximum Gasteiger partial charge on any atom is 0.0561 e. The summed E-state index contributed by atoms with van der Waals surface area (Å²) in [6, 6.07) is 16.4. The van der Waals surface area contributed by atoms with Gasteiger partial charge in [0.2, 0.25) is 0 Å². The van der Waals surface area contributed by atoms with Crippen LogP contribution in [0.25, 0.3) is 0 Å². The summed E-state index contributed by atoms with van der Waals surface area (Å²) in [6.07, 6.45) is 3.94. The van der Waals surface area contributed by atoms with Gasteiger partial charge in [0.1, 0.15) is 0 Å². The maximum absolute atomic E-state index is 9.87. The van der Waals surface area contributed by atoms with Crippen molar-refractivity contribution in [3.63, 3.8) is 0 Å². The quantitative estimate of drug-likeness (QED) is 0.575. The van der Waals surface area contributed by atoms with E-state index in [2.05, 4.69) is 24.3 Å². The van der Waals surface area contributed by atoms with E-state index in [0.717, 1.165) is 31.2 Å². The molecule has 16 heavy (non-hydrogen) atoms. The summed E-state index contributed by atoms with van der Waals surface area (Å²) in [7, 11) is 0. The molecule has 0 aromatic heterocycles. The van der Waals surface area contributed by atoms with Gasteiger partial charge in [0, 0.05) is 0 Å². The Balaban J connectivity index is 1.65. The number of aliphatic hydroxyl groups excluding tert-OH is 1. The molecular formula is C15H18O-2. The molecule has 1 N–H and O–H groups in total. The molecule has 0 saturated heterocycles. The molecular weight excluding hydrogens is 196 g/mol. The number of aliphatic hydroxyl groups is 1. The summed E-state index contributed by atoms with van der Waals surface area (Å²) in [4.78, 5) is 0. The molecule has 1 nitrogen and oxygen atoms in total. The third-order valence-corrected chi connectivity index (χ3v) is 3.00. The molecule has 0 aliphatic rings. The van der Waals surface area contributed by atoms with Crippen molar-refractivity contribution in [1.29, 1.82) is 0 Å². The monoisotopic (exact) mass is 214 g/mol. The zero-order chi connectivity index (χ0) is 11.2. The van der Waals surface area contributed by atoms with Gasteiger partial charge in [-0.3, -0.25) is 0 Å². The molecule has 2 aromatic rings. The van der Waals surface area contributed by atoms with E-state index in [1.807, 2.05) is 24.3 Å². The average molecular weight is 214 g/mol. The largest absolute Gasteiger partial charge is 0.391 e. The molecule has 2 rings (SSSR count). The summed E-state index contributed by atoms with van der Waals surface area (Å²) in [5.74, 6) is 0. The first-order valence-electron chi connectivity index (χ1n) is 5.96. The minimum absolute atomic E-state index is 0.283. The fourth-order valence-corrected chi connectivity index (χ4v) is 2.03. The van der Waals surface area contributed by atoms with Crippen LogP contribution in [0.1, 0.15) is 36.5 Å². The highest BCUT2D eigenvalue weighted by Gasteiger charge is 2.01. The average Bonchev–Trinajstić information content (AvgIpc) is 2.96. The first-order chi connectivity index (χ1) is 7.86. The Labute approximate surface area is 97.1 Å². The van der Waals surface area contributed by atoms with Crippen molar-refractivity contribution in [3.8, 4) is 0 Å². The summed E-state index contributed by atoms with van der Waals surface area (Å²) in [5.41, 5.74) is 2.45. The number of rotatable bonds is 6. The first kappa shape index (κ1) is 11.2. The molecule has 0 fully saturated rings. The summed E-state index contributed by atoms with van der Waals surface area (Å²) in [5, 5.41) is 9.87. The van der Waals surface area contributed by atoms with Gasteiger partial charge in [0.15, 0.2) is 0 Å². The second kappa shape index (κ2) is 5.66. The second-order valence-corrected chi connectivity index (χ2v) is 4.27. The highest BCUT2D eigenvalue weighted by atomic mass is 16.3. The Morgan fingerprint density at radius 2 is 1.88 bits per heavy atom. The fourth-order valence-electron chi connectivity index (χ4n) is 2.03. The Morgan fingerprint density at radius 3 is 2.56 bits per heavy atom. The van der Waals surface area contributed by atoms with Crippen molar-refractivity contribution in [3.05, 3.63) is 59.7 Å². The minimum Gasteiger partial charge on any atom is -0.391 e. The van der Waals surface area contributed by atoms with Gasteiger partial charge >= 0.3 is 0 Å². The molecule has 1 atom stereocenters.